The summed E-state index contributed by atoms with van der Waals surface area (Å²) in [6.45, 7) is 1.32. The SMILES string of the molecule is COC(=O)CN(C)C(=O)N1CCC(OC)CC1. The van der Waals surface area contributed by atoms with Crippen molar-refractivity contribution in [3.05, 3.63) is 0 Å². The van der Waals surface area contributed by atoms with Gasteiger partial charge in [-0.15, -0.1) is 0 Å². The van der Waals surface area contributed by atoms with Crippen molar-refractivity contribution in [3.8, 4) is 0 Å². The molecule has 6 heteroatoms. The fourth-order valence-corrected chi connectivity index (χ4v) is 1.85. The summed E-state index contributed by atoms with van der Waals surface area (Å²) < 4.78 is 9.76. The minimum absolute atomic E-state index is 0.0143. The third-order valence-corrected chi connectivity index (χ3v) is 2.97. The van der Waals surface area contributed by atoms with Gasteiger partial charge in [0, 0.05) is 27.2 Å². The highest BCUT2D eigenvalue weighted by Gasteiger charge is 2.25. The number of methoxy groups -OCH3 is 2. The molecular weight excluding hydrogens is 224 g/mol. The molecule has 1 aliphatic rings. The predicted octanol–water partition coefficient (Wildman–Crippen LogP) is 0.322. The summed E-state index contributed by atoms with van der Waals surface area (Å²) in [4.78, 5) is 26.1. The lowest BCUT2D eigenvalue weighted by Crippen LogP contribution is -2.47. The number of amides is 2. The summed E-state index contributed by atoms with van der Waals surface area (Å²) >= 11 is 0. The molecule has 0 bridgehead atoms. The quantitative estimate of drug-likeness (QED) is 0.671. The van der Waals surface area contributed by atoms with Crippen LogP contribution in [0.25, 0.3) is 0 Å². The van der Waals surface area contributed by atoms with Gasteiger partial charge in [-0.1, -0.05) is 0 Å². The van der Waals surface area contributed by atoms with E-state index in [-0.39, 0.29) is 18.7 Å². The Labute approximate surface area is 101 Å². The van der Waals surface area contributed by atoms with Crippen molar-refractivity contribution in [3.63, 3.8) is 0 Å². The second-order valence-corrected chi connectivity index (χ2v) is 4.14. The maximum absolute atomic E-state index is 11.9. The molecule has 1 rings (SSSR count). The normalized spacial score (nSPS) is 16.8. The van der Waals surface area contributed by atoms with Gasteiger partial charge in [-0.05, 0) is 12.8 Å². The lowest BCUT2D eigenvalue weighted by Gasteiger charge is -2.33. The predicted molar refractivity (Wildman–Crippen MR) is 61.6 cm³/mol. The second kappa shape index (κ2) is 6.44. The number of rotatable bonds is 3. The van der Waals surface area contributed by atoms with Gasteiger partial charge in [0.05, 0.1) is 13.2 Å². The first kappa shape index (κ1) is 13.8. The topological polar surface area (TPSA) is 59.1 Å². The lowest BCUT2D eigenvalue weighted by atomic mass is 10.1. The van der Waals surface area contributed by atoms with E-state index >= 15 is 0 Å². The molecule has 1 aliphatic heterocycles. The molecule has 0 atom stereocenters. The van der Waals surface area contributed by atoms with E-state index in [0.29, 0.717) is 13.1 Å². The van der Waals surface area contributed by atoms with Gasteiger partial charge in [-0.25, -0.2) is 4.79 Å². The number of nitrogens with zero attached hydrogens (tertiary/aromatic N) is 2. The van der Waals surface area contributed by atoms with E-state index in [0.717, 1.165) is 12.8 Å². The molecule has 0 spiro atoms. The van der Waals surface area contributed by atoms with Crippen LogP contribution in [0.1, 0.15) is 12.8 Å². The van der Waals surface area contributed by atoms with Crippen molar-refractivity contribution in [2.75, 3.05) is 40.9 Å². The van der Waals surface area contributed by atoms with Crippen LogP contribution in [0.2, 0.25) is 0 Å². The first-order valence-electron chi connectivity index (χ1n) is 5.68. The molecule has 0 aromatic rings. The van der Waals surface area contributed by atoms with Crippen molar-refractivity contribution in [2.24, 2.45) is 0 Å². The maximum atomic E-state index is 11.9. The number of likely N-dealkylation sites (N-methyl/N-ethyl adjacent to an activating group) is 1. The molecule has 0 saturated carbocycles. The Balaban J connectivity index is 2.40. The number of carbonyl (C=O) groups is 2. The molecule has 6 nitrogen and oxygen atoms in total. The van der Waals surface area contributed by atoms with Gasteiger partial charge < -0.3 is 19.3 Å². The zero-order valence-corrected chi connectivity index (χ0v) is 10.6. The van der Waals surface area contributed by atoms with Crippen molar-refractivity contribution < 1.29 is 19.1 Å². The largest absolute Gasteiger partial charge is 0.468 e. The monoisotopic (exact) mass is 244 g/mol. The van der Waals surface area contributed by atoms with E-state index in [1.165, 1.54) is 12.0 Å². The van der Waals surface area contributed by atoms with Crippen molar-refractivity contribution >= 4 is 12.0 Å². The summed E-state index contributed by atoms with van der Waals surface area (Å²) in [5.74, 6) is -0.410. The van der Waals surface area contributed by atoms with Crippen LogP contribution in [0.4, 0.5) is 4.79 Å². The zero-order chi connectivity index (χ0) is 12.8. The summed E-state index contributed by atoms with van der Waals surface area (Å²) in [6.07, 6.45) is 1.92. The molecule has 98 valence electrons. The molecule has 2 amide bonds. The minimum atomic E-state index is -0.410. The molecule has 1 heterocycles. The fourth-order valence-electron chi connectivity index (χ4n) is 1.85. The molecule has 0 radical (unpaired) electrons. The van der Waals surface area contributed by atoms with Crippen LogP contribution < -0.4 is 0 Å². The highest BCUT2D eigenvalue weighted by atomic mass is 16.5. The number of hydrogen-bond acceptors (Lipinski definition) is 4. The number of likely N-dealkylation sites (tertiary alicyclic amines) is 1. The number of urea groups is 1. The number of carbonyl (C=O) groups excluding carboxylic acids is 2. The van der Waals surface area contributed by atoms with Crippen LogP contribution >= 0.6 is 0 Å². The highest BCUT2D eigenvalue weighted by Crippen LogP contribution is 2.14. The maximum Gasteiger partial charge on any atom is 0.325 e. The average molecular weight is 244 g/mol. The molecular formula is C11H20N2O4. The van der Waals surface area contributed by atoms with E-state index in [4.69, 9.17) is 4.74 Å². The molecule has 17 heavy (non-hydrogen) atoms. The summed E-state index contributed by atoms with van der Waals surface area (Å²) in [5, 5.41) is 0. The van der Waals surface area contributed by atoms with E-state index < -0.39 is 5.97 Å². The number of piperidine rings is 1. The van der Waals surface area contributed by atoms with Crippen molar-refractivity contribution in [2.45, 2.75) is 18.9 Å². The minimum Gasteiger partial charge on any atom is -0.468 e. The standard InChI is InChI=1S/C11H20N2O4/c1-12(8-10(14)17-3)11(15)13-6-4-9(16-2)5-7-13/h9H,4-8H2,1-3H3. The fraction of sp³-hybridized carbons (Fsp3) is 0.818. The van der Waals surface area contributed by atoms with Gasteiger partial charge in [-0.3, -0.25) is 4.79 Å². The number of hydrogen-bond donors (Lipinski definition) is 0. The number of ether oxygens (including phenoxy) is 2. The van der Waals surface area contributed by atoms with E-state index in [2.05, 4.69) is 4.74 Å². The van der Waals surface area contributed by atoms with Crippen LogP contribution in [-0.2, 0) is 14.3 Å². The van der Waals surface area contributed by atoms with E-state index in [9.17, 15) is 9.59 Å². The number of esters is 1. The Bertz CT molecular complexity index is 275. The molecule has 0 unspecified atom stereocenters. The Kier molecular flexibility index (Phi) is 5.21. The lowest BCUT2D eigenvalue weighted by molar-refractivity contribution is -0.141. The van der Waals surface area contributed by atoms with E-state index in [1.54, 1.807) is 19.1 Å². The highest BCUT2D eigenvalue weighted by molar-refractivity contribution is 5.80. The van der Waals surface area contributed by atoms with Crippen LogP contribution in [0.15, 0.2) is 0 Å². The summed E-state index contributed by atoms with van der Waals surface area (Å²) in [6, 6.07) is -0.134. The second-order valence-electron chi connectivity index (χ2n) is 4.14. The first-order chi connectivity index (χ1) is 8.08. The smallest absolute Gasteiger partial charge is 0.325 e. The Hall–Kier alpha value is -1.30. The Morgan fingerprint density at radius 3 is 2.35 bits per heavy atom. The summed E-state index contributed by atoms with van der Waals surface area (Å²) in [5.41, 5.74) is 0. The van der Waals surface area contributed by atoms with Crippen LogP contribution in [0.5, 0.6) is 0 Å². The Morgan fingerprint density at radius 2 is 1.88 bits per heavy atom. The van der Waals surface area contributed by atoms with Crippen LogP contribution in [0.3, 0.4) is 0 Å². The van der Waals surface area contributed by atoms with Crippen LogP contribution in [-0.4, -0.2) is 68.8 Å². The average Bonchev–Trinajstić information content (AvgIpc) is 2.37. The third kappa shape index (κ3) is 3.89. The van der Waals surface area contributed by atoms with Gasteiger partial charge in [-0.2, -0.15) is 0 Å². The van der Waals surface area contributed by atoms with Crippen molar-refractivity contribution in [1.29, 1.82) is 0 Å². The van der Waals surface area contributed by atoms with E-state index in [1.807, 2.05) is 0 Å². The molecule has 0 N–H and O–H groups in total. The van der Waals surface area contributed by atoms with Gasteiger partial charge in [0.15, 0.2) is 0 Å². The van der Waals surface area contributed by atoms with Crippen LogP contribution in [0, 0.1) is 0 Å². The Morgan fingerprint density at radius 1 is 1.29 bits per heavy atom. The van der Waals surface area contributed by atoms with Gasteiger partial charge in [0.2, 0.25) is 0 Å². The van der Waals surface area contributed by atoms with Crippen molar-refractivity contribution in [1.82, 2.24) is 9.80 Å². The van der Waals surface area contributed by atoms with Gasteiger partial charge in [0.25, 0.3) is 0 Å². The van der Waals surface area contributed by atoms with Gasteiger partial charge >= 0.3 is 12.0 Å². The van der Waals surface area contributed by atoms with Gasteiger partial charge in [0.1, 0.15) is 6.54 Å². The molecule has 0 aromatic carbocycles. The molecule has 0 aromatic heterocycles. The molecule has 1 saturated heterocycles. The first-order valence-corrected chi connectivity index (χ1v) is 5.68. The molecule has 0 aliphatic carbocycles. The molecule has 1 fully saturated rings. The summed E-state index contributed by atoms with van der Waals surface area (Å²) in [7, 11) is 4.60. The third-order valence-electron chi connectivity index (χ3n) is 2.97. The zero-order valence-electron chi connectivity index (χ0n) is 10.6.